The number of amides is 1. The van der Waals surface area contributed by atoms with E-state index in [4.69, 9.17) is 4.74 Å². The number of rotatable bonds is 14. The van der Waals surface area contributed by atoms with Crippen molar-refractivity contribution in [2.75, 3.05) is 6.54 Å². The number of benzene rings is 2. The van der Waals surface area contributed by atoms with Gasteiger partial charge in [0.1, 0.15) is 11.5 Å². The first-order valence-electron chi connectivity index (χ1n) is 15.1. The average molecular weight is 528 g/mol. The summed E-state index contributed by atoms with van der Waals surface area (Å²) in [6.07, 6.45) is 19.4. The lowest BCUT2D eigenvalue weighted by atomic mass is 9.74. The molecule has 4 heteroatoms. The van der Waals surface area contributed by atoms with Crippen LogP contribution in [0.15, 0.2) is 60.4 Å². The zero-order valence-electron chi connectivity index (χ0n) is 24.1. The lowest BCUT2D eigenvalue weighted by Crippen LogP contribution is -2.28. The average Bonchev–Trinajstić information content (AvgIpc) is 2.92. The van der Waals surface area contributed by atoms with Crippen LogP contribution < -0.4 is 10.1 Å². The highest BCUT2D eigenvalue weighted by molar-refractivity contribution is 6.01. The number of hydrogen-bond donors (Lipinski definition) is 1. The molecule has 2 aliphatic rings. The molecule has 1 aliphatic carbocycles. The second kappa shape index (κ2) is 14.3. The third-order valence-corrected chi connectivity index (χ3v) is 8.11. The van der Waals surface area contributed by atoms with E-state index >= 15 is 0 Å². The first-order chi connectivity index (χ1) is 19.0. The van der Waals surface area contributed by atoms with Crippen LogP contribution in [0.2, 0.25) is 0 Å². The largest absolute Gasteiger partial charge is 0.461 e. The molecule has 0 bridgehead atoms. The second-order valence-electron chi connectivity index (χ2n) is 11.3. The van der Waals surface area contributed by atoms with Crippen LogP contribution in [-0.4, -0.2) is 18.2 Å². The van der Waals surface area contributed by atoms with Gasteiger partial charge in [-0.2, -0.15) is 0 Å². The van der Waals surface area contributed by atoms with Crippen molar-refractivity contribution >= 4 is 11.7 Å². The third kappa shape index (κ3) is 7.71. The Bertz CT molecular complexity index is 1210. The third-order valence-electron chi connectivity index (χ3n) is 8.11. The topological polar surface area (TPSA) is 55.4 Å². The molecule has 0 fully saturated rings. The van der Waals surface area contributed by atoms with E-state index in [1.54, 1.807) is 12.2 Å². The number of carbonyl (C=O) groups excluding carboxylic acids is 2. The van der Waals surface area contributed by atoms with E-state index in [1.807, 2.05) is 37.3 Å². The molecule has 1 heterocycles. The monoisotopic (exact) mass is 527 g/mol. The Labute approximate surface area is 234 Å². The molecule has 39 heavy (non-hydrogen) atoms. The van der Waals surface area contributed by atoms with Gasteiger partial charge in [0.05, 0.1) is 0 Å². The first-order valence-corrected chi connectivity index (χ1v) is 15.1. The number of hydrogen-bond acceptors (Lipinski definition) is 3. The molecule has 2 atom stereocenters. The fourth-order valence-corrected chi connectivity index (χ4v) is 5.83. The van der Waals surface area contributed by atoms with E-state index in [1.165, 1.54) is 57.8 Å². The Kier molecular flexibility index (Phi) is 10.6. The smallest absolute Gasteiger partial charge is 0.251 e. The van der Waals surface area contributed by atoms with E-state index < -0.39 is 0 Å². The standard InChI is InChI=1S/C35H45NO3/c1-4-5-6-7-8-9-10-11-12-13-14-21-36-35(38)27-17-16-26(3)31(23-27)34-29-19-15-25(2)22-32(29)39-33-24-28(37)18-20-30(33)34/h15-20,22-24,30,34H,4-14,21H2,1-3H3,(H,36,38). The van der Waals surface area contributed by atoms with Crippen LogP contribution in [0, 0.1) is 19.8 Å². The summed E-state index contributed by atoms with van der Waals surface area (Å²) >= 11 is 0. The van der Waals surface area contributed by atoms with E-state index in [0.717, 1.165) is 40.8 Å². The number of ether oxygens (including phenoxy) is 1. The molecule has 0 aromatic heterocycles. The summed E-state index contributed by atoms with van der Waals surface area (Å²) in [5.74, 6) is 1.29. The first kappa shape index (κ1) is 28.9. The maximum atomic E-state index is 13.1. The van der Waals surface area contributed by atoms with Gasteiger partial charge in [0.15, 0.2) is 5.78 Å². The van der Waals surface area contributed by atoms with Crippen LogP contribution in [0.25, 0.3) is 0 Å². The molecular formula is C35H45NO3. The summed E-state index contributed by atoms with van der Waals surface area (Å²) in [5.41, 5.74) is 5.10. The molecule has 0 saturated heterocycles. The summed E-state index contributed by atoms with van der Waals surface area (Å²) in [5, 5.41) is 3.13. The minimum Gasteiger partial charge on any atom is -0.461 e. The quantitative estimate of drug-likeness (QED) is 0.251. The number of carbonyl (C=O) groups is 2. The van der Waals surface area contributed by atoms with E-state index in [9.17, 15) is 9.59 Å². The van der Waals surface area contributed by atoms with Gasteiger partial charge in [0, 0.05) is 35.6 Å². The Morgan fingerprint density at radius 1 is 0.846 bits per heavy atom. The van der Waals surface area contributed by atoms with Crippen molar-refractivity contribution in [2.24, 2.45) is 5.92 Å². The van der Waals surface area contributed by atoms with Crippen molar-refractivity contribution in [2.45, 2.75) is 97.3 Å². The van der Waals surface area contributed by atoms with Gasteiger partial charge in [0.25, 0.3) is 5.91 Å². The van der Waals surface area contributed by atoms with Gasteiger partial charge >= 0.3 is 0 Å². The van der Waals surface area contributed by atoms with Gasteiger partial charge < -0.3 is 10.1 Å². The molecule has 4 rings (SSSR count). The molecule has 2 aromatic rings. The SMILES string of the molecule is CCCCCCCCCCCCCNC(=O)c1ccc(C)c(C2c3ccc(C)cc3OC3=CC(=O)C=CC32)c1. The lowest BCUT2D eigenvalue weighted by Gasteiger charge is -2.36. The summed E-state index contributed by atoms with van der Waals surface area (Å²) in [6, 6.07) is 12.2. The molecule has 1 amide bonds. The number of ketones is 1. The molecule has 208 valence electrons. The van der Waals surface area contributed by atoms with Crippen LogP contribution in [-0.2, 0) is 4.79 Å². The van der Waals surface area contributed by atoms with Crippen molar-refractivity contribution in [3.05, 3.63) is 88.2 Å². The zero-order chi connectivity index (χ0) is 27.6. The molecule has 4 nitrogen and oxygen atoms in total. The van der Waals surface area contributed by atoms with Crippen LogP contribution in [0.4, 0.5) is 0 Å². The van der Waals surface area contributed by atoms with Crippen LogP contribution in [0.5, 0.6) is 5.75 Å². The number of nitrogens with one attached hydrogen (secondary N) is 1. The van der Waals surface area contributed by atoms with Crippen molar-refractivity contribution in [3.63, 3.8) is 0 Å². The van der Waals surface area contributed by atoms with Gasteiger partial charge in [-0.25, -0.2) is 0 Å². The van der Waals surface area contributed by atoms with Gasteiger partial charge in [0.2, 0.25) is 0 Å². The van der Waals surface area contributed by atoms with Crippen LogP contribution >= 0.6 is 0 Å². The summed E-state index contributed by atoms with van der Waals surface area (Å²) in [4.78, 5) is 25.2. The maximum Gasteiger partial charge on any atom is 0.251 e. The molecule has 0 radical (unpaired) electrons. The van der Waals surface area contributed by atoms with Crippen molar-refractivity contribution in [1.82, 2.24) is 5.32 Å². The fraction of sp³-hybridized carbons (Fsp3) is 0.486. The molecule has 0 saturated carbocycles. The fourth-order valence-electron chi connectivity index (χ4n) is 5.83. The number of fused-ring (bicyclic) bond motifs is 2. The Hall–Kier alpha value is -3.14. The van der Waals surface area contributed by atoms with E-state index in [0.29, 0.717) is 17.9 Å². The predicted octanol–water partition coefficient (Wildman–Crippen LogP) is 8.51. The van der Waals surface area contributed by atoms with Crippen molar-refractivity contribution in [1.29, 1.82) is 0 Å². The summed E-state index contributed by atoms with van der Waals surface area (Å²) in [6.45, 7) is 7.10. The molecule has 0 spiro atoms. The van der Waals surface area contributed by atoms with E-state index in [-0.39, 0.29) is 23.5 Å². The highest BCUT2D eigenvalue weighted by Gasteiger charge is 2.37. The Balaban J connectivity index is 1.34. The lowest BCUT2D eigenvalue weighted by molar-refractivity contribution is -0.110. The second-order valence-corrected chi connectivity index (χ2v) is 11.3. The minimum absolute atomic E-state index is 0.0235. The highest BCUT2D eigenvalue weighted by Crippen LogP contribution is 2.48. The van der Waals surface area contributed by atoms with E-state index in [2.05, 4.69) is 31.3 Å². The van der Waals surface area contributed by atoms with Gasteiger partial charge in [-0.1, -0.05) is 95.4 Å². The molecular weight excluding hydrogens is 482 g/mol. The van der Waals surface area contributed by atoms with Gasteiger partial charge in [-0.3, -0.25) is 9.59 Å². The van der Waals surface area contributed by atoms with Gasteiger partial charge in [-0.15, -0.1) is 0 Å². The number of aryl methyl sites for hydroxylation is 2. The highest BCUT2D eigenvalue weighted by atomic mass is 16.5. The number of unbranched alkanes of at least 4 members (excludes halogenated alkanes) is 10. The summed E-state index contributed by atoms with van der Waals surface area (Å²) in [7, 11) is 0. The molecule has 2 aromatic carbocycles. The van der Waals surface area contributed by atoms with Crippen molar-refractivity contribution < 1.29 is 14.3 Å². The molecule has 2 unspecified atom stereocenters. The molecule has 1 N–H and O–H groups in total. The zero-order valence-corrected chi connectivity index (χ0v) is 24.1. The molecule has 1 aliphatic heterocycles. The van der Waals surface area contributed by atoms with Crippen LogP contribution in [0.3, 0.4) is 0 Å². The minimum atomic E-state index is -0.0775. The Morgan fingerprint density at radius 2 is 1.54 bits per heavy atom. The number of allylic oxidation sites excluding steroid dienone is 3. The Morgan fingerprint density at radius 3 is 2.26 bits per heavy atom. The maximum absolute atomic E-state index is 13.1. The van der Waals surface area contributed by atoms with Gasteiger partial charge in [-0.05, 0) is 61.2 Å². The summed E-state index contributed by atoms with van der Waals surface area (Å²) < 4.78 is 6.19. The van der Waals surface area contributed by atoms with Crippen molar-refractivity contribution in [3.8, 4) is 5.75 Å². The van der Waals surface area contributed by atoms with Crippen LogP contribution in [0.1, 0.15) is 116 Å². The predicted molar refractivity (Wildman–Crippen MR) is 159 cm³/mol. The normalized spacial score (nSPS) is 17.7.